The highest BCUT2D eigenvalue weighted by atomic mass is 16.5. The fourth-order valence-corrected chi connectivity index (χ4v) is 4.16. The predicted octanol–water partition coefficient (Wildman–Crippen LogP) is 3.82. The Hall–Kier alpha value is -1.75. The molecule has 5 nitrogen and oxygen atoms in total. The maximum atomic E-state index is 11.2. The molecule has 1 amide bonds. The number of aromatic hydroxyl groups is 1. The Morgan fingerprint density at radius 3 is 2.50 bits per heavy atom. The van der Waals surface area contributed by atoms with Crippen LogP contribution in [0.15, 0.2) is 24.3 Å². The minimum Gasteiger partial charge on any atom is -0.508 e. The van der Waals surface area contributed by atoms with E-state index in [0.29, 0.717) is 13.1 Å². The van der Waals surface area contributed by atoms with E-state index >= 15 is 0 Å². The van der Waals surface area contributed by atoms with Crippen molar-refractivity contribution in [3.05, 3.63) is 29.8 Å². The molecule has 2 N–H and O–H groups in total. The summed E-state index contributed by atoms with van der Waals surface area (Å²) in [6.07, 6.45) is 1.56. The van der Waals surface area contributed by atoms with Gasteiger partial charge in [0.2, 0.25) is 0 Å². The van der Waals surface area contributed by atoms with E-state index in [1.54, 1.807) is 6.07 Å². The van der Waals surface area contributed by atoms with Crippen molar-refractivity contribution < 1.29 is 19.7 Å². The normalized spacial score (nSPS) is 26.7. The van der Waals surface area contributed by atoms with Crippen molar-refractivity contribution in [2.75, 3.05) is 13.1 Å². The topological polar surface area (TPSA) is 70.0 Å². The highest BCUT2D eigenvalue weighted by molar-refractivity contribution is 5.65. The van der Waals surface area contributed by atoms with Crippen molar-refractivity contribution in [1.82, 2.24) is 4.90 Å². The molecule has 1 unspecified atom stereocenters. The molecule has 2 fully saturated rings. The molecule has 0 aromatic heterocycles. The second-order valence-electron chi connectivity index (χ2n) is 8.26. The van der Waals surface area contributed by atoms with Gasteiger partial charge in [0.25, 0.3) is 0 Å². The summed E-state index contributed by atoms with van der Waals surface area (Å²) >= 11 is 0. The summed E-state index contributed by atoms with van der Waals surface area (Å²) in [5.74, 6) is 0.496. The van der Waals surface area contributed by atoms with Crippen LogP contribution in [0.2, 0.25) is 0 Å². The molecule has 2 atom stereocenters. The molecule has 0 radical (unpaired) electrons. The van der Waals surface area contributed by atoms with Gasteiger partial charge in [0.1, 0.15) is 5.75 Å². The molecule has 1 aromatic carbocycles. The first-order chi connectivity index (χ1) is 11.2. The summed E-state index contributed by atoms with van der Waals surface area (Å²) in [6, 6.07) is 7.45. The summed E-state index contributed by atoms with van der Waals surface area (Å²) < 4.78 is 6.59. The van der Waals surface area contributed by atoms with E-state index in [1.807, 2.05) is 12.1 Å². The lowest BCUT2D eigenvalue weighted by molar-refractivity contribution is -0.105. The number of benzene rings is 1. The number of piperidine rings is 1. The molecule has 5 heteroatoms. The maximum Gasteiger partial charge on any atom is 0.407 e. The molecule has 0 bridgehead atoms. The van der Waals surface area contributed by atoms with Gasteiger partial charge in [0, 0.05) is 19.0 Å². The number of amides is 1. The van der Waals surface area contributed by atoms with Crippen LogP contribution < -0.4 is 0 Å². The monoisotopic (exact) mass is 333 g/mol. The Balaban J connectivity index is 1.85. The Bertz CT molecular complexity index is 614. The second kappa shape index (κ2) is 5.96. The van der Waals surface area contributed by atoms with Crippen molar-refractivity contribution in [3.63, 3.8) is 0 Å². The first-order valence-corrected chi connectivity index (χ1v) is 8.65. The first kappa shape index (κ1) is 17.1. The van der Waals surface area contributed by atoms with Crippen LogP contribution in [-0.2, 0) is 4.74 Å². The van der Waals surface area contributed by atoms with E-state index in [9.17, 15) is 9.90 Å². The van der Waals surface area contributed by atoms with Crippen molar-refractivity contribution in [2.24, 2.45) is 5.41 Å². The number of nitrogens with zero attached hydrogens (tertiary/aromatic N) is 1. The Morgan fingerprint density at radius 2 is 1.96 bits per heavy atom. The lowest BCUT2D eigenvalue weighted by Gasteiger charge is -2.39. The molecule has 0 aliphatic carbocycles. The third-order valence-electron chi connectivity index (χ3n) is 5.43. The Labute approximate surface area is 143 Å². The van der Waals surface area contributed by atoms with E-state index in [2.05, 4.69) is 26.8 Å². The zero-order chi connectivity index (χ0) is 17.5. The standard InChI is InChI=1S/C19H27NO4/c1-18(2,3)16-15(13-5-4-6-14(21)11-13)12-19(24-16)7-9-20(10-8-19)17(22)23/h4-6,11,15-16,21H,7-10,12H2,1-3H3,(H,22,23)/t15-,16?/m0/s1. The average molecular weight is 333 g/mol. The van der Waals surface area contributed by atoms with E-state index in [4.69, 9.17) is 9.84 Å². The summed E-state index contributed by atoms with van der Waals surface area (Å²) in [5.41, 5.74) is 0.830. The second-order valence-corrected chi connectivity index (χ2v) is 8.26. The van der Waals surface area contributed by atoms with Crippen molar-refractivity contribution in [3.8, 4) is 5.75 Å². The van der Waals surface area contributed by atoms with Crippen LogP contribution in [0, 0.1) is 5.41 Å². The number of likely N-dealkylation sites (tertiary alicyclic amines) is 1. The number of hydrogen-bond acceptors (Lipinski definition) is 3. The van der Waals surface area contributed by atoms with Crippen LogP contribution >= 0.6 is 0 Å². The van der Waals surface area contributed by atoms with Gasteiger partial charge in [-0.3, -0.25) is 0 Å². The third kappa shape index (κ3) is 3.22. The molecule has 3 rings (SSSR count). The molecular weight excluding hydrogens is 306 g/mol. The van der Waals surface area contributed by atoms with Crippen LogP contribution in [0.3, 0.4) is 0 Å². The van der Waals surface area contributed by atoms with Crippen LogP contribution in [0.4, 0.5) is 4.79 Å². The molecule has 2 aliphatic rings. The molecule has 0 saturated carbocycles. The van der Waals surface area contributed by atoms with E-state index < -0.39 is 6.09 Å². The number of carboxylic acid groups (broad SMARTS) is 1. The van der Waals surface area contributed by atoms with Crippen LogP contribution in [0.1, 0.15) is 51.5 Å². The highest BCUT2D eigenvalue weighted by Gasteiger charge is 2.51. The quantitative estimate of drug-likeness (QED) is 0.819. The van der Waals surface area contributed by atoms with E-state index in [1.165, 1.54) is 4.90 Å². The summed E-state index contributed by atoms with van der Waals surface area (Å²) in [7, 11) is 0. The molecular formula is C19H27NO4. The van der Waals surface area contributed by atoms with Crippen LogP contribution in [0.5, 0.6) is 5.75 Å². The zero-order valence-electron chi connectivity index (χ0n) is 14.7. The molecule has 2 heterocycles. The fraction of sp³-hybridized carbons (Fsp3) is 0.632. The average Bonchev–Trinajstić information content (AvgIpc) is 2.87. The largest absolute Gasteiger partial charge is 0.508 e. The molecule has 2 aliphatic heterocycles. The van der Waals surface area contributed by atoms with Gasteiger partial charge in [-0.05, 0) is 42.4 Å². The summed E-state index contributed by atoms with van der Waals surface area (Å²) in [5, 5.41) is 19.0. The van der Waals surface area contributed by atoms with Gasteiger partial charge in [0.05, 0.1) is 11.7 Å². The number of phenols is 1. The number of hydrogen-bond donors (Lipinski definition) is 2. The van der Waals surface area contributed by atoms with Gasteiger partial charge in [0.15, 0.2) is 0 Å². The SMILES string of the molecule is CC(C)(C)C1OC2(CCN(C(=O)O)CC2)C[C@H]1c1cccc(O)c1. The molecule has 2 saturated heterocycles. The molecule has 1 aromatic rings. The first-order valence-electron chi connectivity index (χ1n) is 8.65. The Kier molecular flexibility index (Phi) is 4.24. The van der Waals surface area contributed by atoms with Gasteiger partial charge < -0.3 is 19.8 Å². The highest BCUT2D eigenvalue weighted by Crippen LogP contribution is 2.51. The fourth-order valence-electron chi connectivity index (χ4n) is 4.16. The van der Waals surface area contributed by atoms with Gasteiger partial charge >= 0.3 is 6.09 Å². The Morgan fingerprint density at radius 1 is 1.29 bits per heavy atom. The van der Waals surface area contributed by atoms with Crippen molar-refractivity contribution in [1.29, 1.82) is 0 Å². The van der Waals surface area contributed by atoms with Gasteiger partial charge in [-0.15, -0.1) is 0 Å². The van der Waals surface area contributed by atoms with E-state index in [-0.39, 0.29) is 28.8 Å². The van der Waals surface area contributed by atoms with Gasteiger partial charge in [-0.2, -0.15) is 0 Å². The third-order valence-corrected chi connectivity index (χ3v) is 5.43. The molecule has 24 heavy (non-hydrogen) atoms. The zero-order valence-corrected chi connectivity index (χ0v) is 14.7. The lowest BCUT2D eigenvalue weighted by atomic mass is 9.75. The predicted molar refractivity (Wildman–Crippen MR) is 91.4 cm³/mol. The summed E-state index contributed by atoms with van der Waals surface area (Å²) in [4.78, 5) is 12.6. The van der Waals surface area contributed by atoms with Crippen LogP contribution in [0.25, 0.3) is 0 Å². The van der Waals surface area contributed by atoms with Crippen molar-refractivity contribution in [2.45, 2.75) is 57.7 Å². The molecule has 1 spiro atoms. The number of ether oxygens (including phenoxy) is 1. The van der Waals surface area contributed by atoms with Crippen molar-refractivity contribution >= 4 is 6.09 Å². The maximum absolute atomic E-state index is 11.2. The number of phenolic OH excluding ortho intramolecular Hbond substituents is 1. The van der Waals surface area contributed by atoms with E-state index in [0.717, 1.165) is 24.8 Å². The van der Waals surface area contributed by atoms with Crippen LogP contribution in [-0.4, -0.2) is 46.0 Å². The molecule has 132 valence electrons. The number of rotatable bonds is 1. The minimum absolute atomic E-state index is 0.0242. The van der Waals surface area contributed by atoms with Gasteiger partial charge in [-0.25, -0.2) is 4.79 Å². The number of carbonyl (C=O) groups is 1. The van der Waals surface area contributed by atoms with Gasteiger partial charge in [-0.1, -0.05) is 32.9 Å². The smallest absolute Gasteiger partial charge is 0.407 e. The minimum atomic E-state index is -0.847. The lowest BCUT2D eigenvalue weighted by Crippen LogP contribution is -2.46. The summed E-state index contributed by atoms with van der Waals surface area (Å²) in [6.45, 7) is 7.59.